The van der Waals surface area contributed by atoms with E-state index < -0.39 is 0 Å². The molecular weight excluding hydrogens is 260 g/mol. The minimum atomic E-state index is 0.134. The standard InChI is InChI=1S/C15H12OS2/c16-14(10-15(17)18)13-8-6-12(7-9-13)11-4-2-1-3-5-11/h1-10,16H,(H,17,18)/b14-10-. The minimum Gasteiger partial charge on any atom is -0.507 e. The van der Waals surface area contributed by atoms with Crippen LogP contribution < -0.4 is 0 Å². The predicted octanol–water partition coefficient (Wildman–Crippen LogP) is 4.51. The van der Waals surface area contributed by atoms with E-state index in [9.17, 15) is 5.11 Å². The van der Waals surface area contributed by atoms with E-state index in [1.54, 1.807) is 0 Å². The largest absolute Gasteiger partial charge is 0.507 e. The molecule has 0 saturated carbocycles. The van der Waals surface area contributed by atoms with Crippen LogP contribution in [-0.4, -0.2) is 9.30 Å². The molecule has 2 aromatic carbocycles. The van der Waals surface area contributed by atoms with Gasteiger partial charge >= 0.3 is 0 Å². The molecule has 0 unspecified atom stereocenters. The van der Waals surface area contributed by atoms with Crippen molar-refractivity contribution in [2.24, 2.45) is 0 Å². The summed E-state index contributed by atoms with van der Waals surface area (Å²) in [5.41, 5.74) is 2.99. The molecule has 0 bridgehead atoms. The zero-order chi connectivity index (χ0) is 13.0. The molecule has 0 spiro atoms. The number of aliphatic hydroxyl groups excluding tert-OH is 1. The Morgan fingerprint density at radius 2 is 1.50 bits per heavy atom. The van der Waals surface area contributed by atoms with Gasteiger partial charge in [0.2, 0.25) is 0 Å². The van der Waals surface area contributed by atoms with Crippen LogP contribution in [0.3, 0.4) is 0 Å². The summed E-state index contributed by atoms with van der Waals surface area (Å²) in [7, 11) is 0. The third-order valence-corrected chi connectivity index (χ3v) is 2.79. The summed E-state index contributed by atoms with van der Waals surface area (Å²) in [5.74, 6) is 0.134. The zero-order valence-corrected chi connectivity index (χ0v) is 11.3. The quantitative estimate of drug-likeness (QED) is 0.371. The van der Waals surface area contributed by atoms with E-state index in [4.69, 9.17) is 12.2 Å². The summed E-state index contributed by atoms with van der Waals surface area (Å²) in [6, 6.07) is 17.7. The van der Waals surface area contributed by atoms with Gasteiger partial charge in [0.05, 0.1) is 4.20 Å². The van der Waals surface area contributed by atoms with Gasteiger partial charge < -0.3 is 5.11 Å². The molecule has 18 heavy (non-hydrogen) atoms. The lowest BCUT2D eigenvalue weighted by Gasteiger charge is -2.04. The molecule has 0 aliphatic heterocycles. The Morgan fingerprint density at radius 1 is 0.944 bits per heavy atom. The number of benzene rings is 2. The molecular formula is C15H12OS2. The van der Waals surface area contributed by atoms with Crippen LogP contribution in [0.4, 0.5) is 0 Å². The van der Waals surface area contributed by atoms with Crippen LogP contribution in [0.2, 0.25) is 0 Å². The average Bonchev–Trinajstić information content (AvgIpc) is 2.39. The lowest BCUT2D eigenvalue weighted by Crippen LogP contribution is -1.86. The van der Waals surface area contributed by atoms with Crippen molar-refractivity contribution in [3.05, 3.63) is 66.2 Å². The van der Waals surface area contributed by atoms with Crippen molar-refractivity contribution in [1.82, 2.24) is 0 Å². The maximum atomic E-state index is 9.78. The molecule has 0 aliphatic carbocycles. The maximum Gasteiger partial charge on any atom is 0.124 e. The normalized spacial score (nSPS) is 11.3. The second kappa shape index (κ2) is 5.85. The molecule has 0 saturated heterocycles. The van der Waals surface area contributed by atoms with E-state index in [1.165, 1.54) is 6.08 Å². The zero-order valence-electron chi connectivity index (χ0n) is 9.58. The molecule has 1 nitrogen and oxygen atoms in total. The summed E-state index contributed by atoms with van der Waals surface area (Å²) in [4.78, 5) is 0. The summed E-state index contributed by atoms with van der Waals surface area (Å²) in [6.07, 6.45) is 1.45. The Morgan fingerprint density at radius 3 is 2.06 bits per heavy atom. The number of hydrogen-bond donors (Lipinski definition) is 2. The fourth-order valence-electron chi connectivity index (χ4n) is 1.66. The van der Waals surface area contributed by atoms with Crippen LogP contribution in [0.25, 0.3) is 16.9 Å². The van der Waals surface area contributed by atoms with Gasteiger partial charge in [-0.3, -0.25) is 0 Å². The summed E-state index contributed by atoms with van der Waals surface area (Å²) in [5, 5.41) is 9.78. The molecule has 3 heteroatoms. The first kappa shape index (κ1) is 12.9. The fraction of sp³-hybridized carbons (Fsp3) is 0. The highest BCUT2D eigenvalue weighted by Gasteiger charge is 2.01. The van der Waals surface area contributed by atoms with Gasteiger partial charge in [-0.1, -0.05) is 66.8 Å². The number of hydrogen-bond acceptors (Lipinski definition) is 2. The Balaban J connectivity index is 2.29. The van der Waals surface area contributed by atoms with Crippen molar-refractivity contribution in [2.45, 2.75) is 0 Å². The lowest BCUT2D eigenvalue weighted by molar-refractivity contribution is 0.512. The van der Waals surface area contributed by atoms with E-state index in [1.807, 2.05) is 54.6 Å². The van der Waals surface area contributed by atoms with Crippen LogP contribution in [0.1, 0.15) is 5.56 Å². The number of thiocarbonyl (C=S) groups is 1. The van der Waals surface area contributed by atoms with Gasteiger partial charge in [-0.2, -0.15) is 0 Å². The predicted molar refractivity (Wildman–Crippen MR) is 84.1 cm³/mol. The van der Waals surface area contributed by atoms with Crippen LogP contribution in [0.15, 0.2) is 60.7 Å². The van der Waals surface area contributed by atoms with Crippen molar-refractivity contribution in [1.29, 1.82) is 0 Å². The van der Waals surface area contributed by atoms with E-state index in [0.29, 0.717) is 4.20 Å². The fourth-order valence-corrected chi connectivity index (χ4v) is 1.90. The highest BCUT2D eigenvalue weighted by Crippen LogP contribution is 2.21. The maximum absolute atomic E-state index is 9.78. The van der Waals surface area contributed by atoms with Gasteiger partial charge in [-0.25, -0.2) is 0 Å². The van der Waals surface area contributed by atoms with Crippen molar-refractivity contribution in [2.75, 3.05) is 0 Å². The van der Waals surface area contributed by atoms with E-state index in [0.717, 1.165) is 16.7 Å². The first-order valence-corrected chi connectivity index (χ1v) is 6.32. The van der Waals surface area contributed by atoms with Crippen molar-refractivity contribution < 1.29 is 5.11 Å². The molecule has 2 aromatic rings. The Kier molecular flexibility index (Phi) is 4.18. The smallest absolute Gasteiger partial charge is 0.124 e. The topological polar surface area (TPSA) is 20.2 Å². The summed E-state index contributed by atoms with van der Waals surface area (Å²) in [6.45, 7) is 0. The van der Waals surface area contributed by atoms with Crippen LogP contribution in [0, 0.1) is 0 Å². The molecule has 0 amide bonds. The van der Waals surface area contributed by atoms with Crippen LogP contribution >= 0.6 is 24.8 Å². The summed E-state index contributed by atoms with van der Waals surface area (Å²) >= 11 is 8.76. The SMILES string of the molecule is O/C(=C\C(=S)S)c1ccc(-c2ccccc2)cc1. The second-order valence-corrected chi connectivity index (χ2v) is 5.04. The first-order valence-electron chi connectivity index (χ1n) is 5.46. The summed E-state index contributed by atoms with van der Waals surface area (Å²) < 4.78 is 0.361. The Labute approximate surface area is 117 Å². The van der Waals surface area contributed by atoms with E-state index in [-0.39, 0.29) is 5.76 Å². The average molecular weight is 272 g/mol. The van der Waals surface area contributed by atoms with Gasteiger partial charge in [0, 0.05) is 11.6 Å². The molecule has 0 atom stereocenters. The molecule has 90 valence electrons. The lowest BCUT2D eigenvalue weighted by atomic mass is 10.0. The van der Waals surface area contributed by atoms with Gasteiger partial charge in [0.15, 0.2) is 0 Å². The molecule has 0 aromatic heterocycles. The molecule has 0 fully saturated rings. The van der Waals surface area contributed by atoms with Gasteiger partial charge in [0.25, 0.3) is 0 Å². The highest BCUT2D eigenvalue weighted by atomic mass is 32.1. The monoisotopic (exact) mass is 272 g/mol. The van der Waals surface area contributed by atoms with Crippen LogP contribution in [0.5, 0.6) is 0 Å². The van der Waals surface area contributed by atoms with Gasteiger partial charge in [0.1, 0.15) is 5.76 Å². The molecule has 1 N–H and O–H groups in total. The minimum absolute atomic E-state index is 0.134. The van der Waals surface area contributed by atoms with E-state index >= 15 is 0 Å². The van der Waals surface area contributed by atoms with Crippen molar-refractivity contribution >= 4 is 34.8 Å². The van der Waals surface area contributed by atoms with Crippen molar-refractivity contribution in [3.8, 4) is 11.1 Å². The van der Waals surface area contributed by atoms with Crippen LogP contribution in [-0.2, 0) is 0 Å². The second-order valence-electron chi connectivity index (χ2n) is 3.81. The molecule has 0 aliphatic rings. The highest BCUT2D eigenvalue weighted by molar-refractivity contribution is 8.11. The van der Waals surface area contributed by atoms with Crippen molar-refractivity contribution in [3.63, 3.8) is 0 Å². The Bertz CT molecular complexity index is 571. The number of aliphatic hydroxyl groups is 1. The molecule has 2 rings (SSSR count). The third-order valence-electron chi connectivity index (χ3n) is 2.55. The van der Waals surface area contributed by atoms with Gasteiger partial charge in [-0.15, -0.1) is 12.6 Å². The molecule has 0 radical (unpaired) electrons. The third kappa shape index (κ3) is 3.22. The number of thiol groups is 1. The molecule has 0 heterocycles. The first-order chi connectivity index (χ1) is 8.66. The Hall–Kier alpha value is -1.58. The van der Waals surface area contributed by atoms with E-state index in [2.05, 4.69) is 12.6 Å². The number of rotatable bonds is 3. The van der Waals surface area contributed by atoms with Gasteiger partial charge in [-0.05, 0) is 11.1 Å².